The van der Waals surface area contributed by atoms with E-state index in [1.807, 2.05) is 45.0 Å². The van der Waals surface area contributed by atoms with E-state index in [1.165, 1.54) is 0 Å². The highest BCUT2D eigenvalue weighted by Gasteiger charge is 2.10. The van der Waals surface area contributed by atoms with E-state index in [4.69, 9.17) is 4.74 Å². The molecule has 0 aliphatic carbocycles. The van der Waals surface area contributed by atoms with E-state index in [0.717, 1.165) is 56.2 Å². The van der Waals surface area contributed by atoms with E-state index in [-0.39, 0.29) is 35.8 Å². The lowest BCUT2D eigenvalue weighted by Crippen LogP contribution is -2.37. The third kappa shape index (κ3) is 11.2. The summed E-state index contributed by atoms with van der Waals surface area (Å²) in [5.74, 6) is 0.847. The van der Waals surface area contributed by atoms with Gasteiger partial charge >= 0.3 is 0 Å². The zero-order valence-electron chi connectivity index (χ0n) is 17.0. The zero-order valence-corrected chi connectivity index (χ0v) is 19.3. The molecule has 1 aromatic rings. The molecule has 0 aliphatic heterocycles. The topological polar surface area (TPSA) is 74.8 Å². The first-order valence-corrected chi connectivity index (χ1v) is 9.52. The number of carbonyl (C=O) groups excluding carboxylic acids is 1. The van der Waals surface area contributed by atoms with Crippen molar-refractivity contribution in [1.29, 1.82) is 0 Å². The number of carbonyl (C=O) groups is 1. The molecule has 7 heteroatoms. The van der Waals surface area contributed by atoms with Gasteiger partial charge in [-0.3, -0.25) is 9.79 Å². The molecule has 6 nitrogen and oxygen atoms in total. The van der Waals surface area contributed by atoms with Gasteiger partial charge in [-0.05, 0) is 43.9 Å². The lowest BCUT2D eigenvalue weighted by Gasteiger charge is -2.13. The van der Waals surface area contributed by atoms with Gasteiger partial charge in [-0.1, -0.05) is 26.0 Å². The summed E-state index contributed by atoms with van der Waals surface area (Å²) in [6.07, 6.45) is 2.91. The molecule has 0 aliphatic rings. The number of unbranched alkanes of at least 4 members (excludes halogenated alkanes) is 1. The largest absolute Gasteiger partial charge is 0.382 e. The van der Waals surface area contributed by atoms with Crippen molar-refractivity contribution in [3.63, 3.8) is 0 Å². The van der Waals surface area contributed by atoms with E-state index in [9.17, 15) is 4.79 Å². The molecule has 1 aromatic carbocycles. The van der Waals surface area contributed by atoms with Crippen molar-refractivity contribution in [3.05, 3.63) is 29.8 Å². The van der Waals surface area contributed by atoms with Gasteiger partial charge in [0.05, 0.1) is 0 Å². The molecule has 1 rings (SSSR count). The lowest BCUT2D eigenvalue weighted by atomic mass is 10.1. The second-order valence-corrected chi connectivity index (χ2v) is 6.26. The van der Waals surface area contributed by atoms with Gasteiger partial charge in [0.25, 0.3) is 0 Å². The third-order valence-corrected chi connectivity index (χ3v) is 4.15. The molecule has 0 radical (unpaired) electrons. The molecule has 0 bridgehead atoms. The Hall–Kier alpha value is -1.35. The normalized spacial score (nSPS) is 12.1. The second kappa shape index (κ2) is 15.7. The van der Waals surface area contributed by atoms with Crippen molar-refractivity contribution in [3.8, 4) is 0 Å². The minimum absolute atomic E-state index is 0. The Morgan fingerprint density at radius 3 is 2.67 bits per heavy atom. The first kappa shape index (κ1) is 25.6. The second-order valence-electron chi connectivity index (χ2n) is 6.26. The summed E-state index contributed by atoms with van der Waals surface area (Å²) >= 11 is 0. The van der Waals surface area contributed by atoms with Crippen molar-refractivity contribution in [2.75, 3.05) is 32.1 Å². The van der Waals surface area contributed by atoms with Crippen LogP contribution in [0, 0.1) is 5.92 Å². The van der Waals surface area contributed by atoms with Crippen LogP contribution < -0.4 is 16.0 Å². The average Bonchev–Trinajstić information content (AvgIpc) is 2.66. The fourth-order valence-electron chi connectivity index (χ4n) is 2.30. The summed E-state index contributed by atoms with van der Waals surface area (Å²) in [4.78, 5) is 16.3. The zero-order chi connectivity index (χ0) is 19.2. The molecule has 0 fully saturated rings. The van der Waals surface area contributed by atoms with Crippen LogP contribution in [0.25, 0.3) is 0 Å². The van der Waals surface area contributed by atoms with Crippen LogP contribution in [0.5, 0.6) is 0 Å². The van der Waals surface area contributed by atoms with E-state index in [2.05, 4.69) is 20.9 Å². The van der Waals surface area contributed by atoms with Crippen LogP contribution >= 0.6 is 24.0 Å². The van der Waals surface area contributed by atoms with Gasteiger partial charge in [-0.25, -0.2) is 0 Å². The highest BCUT2D eigenvalue weighted by atomic mass is 127. The maximum atomic E-state index is 12.0. The minimum Gasteiger partial charge on any atom is -0.382 e. The van der Waals surface area contributed by atoms with Gasteiger partial charge in [0.2, 0.25) is 5.91 Å². The van der Waals surface area contributed by atoms with Gasteiger partial charge in [0.1, 0.15) is 0 Å². The Balaban J connectivity index is 0.00000676. The molecule has 1 unspecified atom stereocenters. The Kier molecular flexibility index (Phi) is 14.9. The highest BCUT2D eigenvalue weighted by molar-refractivity contribution is 14.0. The van der Waals surface area contributed by atoms with Gasteiger partial charge in [0.15, 0.2) is 5.96 Å². The summed E-state index contributed by atoms with van der Waals surface area (Å²) in [5, 5.41) is 9.57. The number of rotatable bonds is 11. The number of ether oxygens (including phenoxy) is 1. The van der Waals surface area contributed by atoms with Gasteiger partial charge in [0, 0.05) is 45.0 Å². The Morgan fingerprint density at radius 2 is 2.00 bits per heavy atom. The number of aliphatic imine (C=N–C) groups is 1. The maximum Gasteiger partial charge on any atom is 0.227 e. The summed E-state index contributed by atoms with van der Waals surface area (Å²) < 4.78 is 5.33. The molecule has 3 N–H and O–H groups in total. The molecule has 0 saturated carbocycles. The number of amides is 1. The molecular formula is C20H35IN4O2. The van der Waals surface area contributed by atoms with Crippen molar-refractivity contribution >= 4 is 41.5 Å². The van der Waals surface area contributed by atoms with Gasteiger partial charge < -0.3 is 20.7 Å². The first-order valence-electron chi connectivity index (χ1n) is 9.52. The number of nitrogens with zero attached hydrogens (tertiary/aromatic N) is 1. The van der Waals surface area contributed by atoms with Crippen molar-refractivity contribution in [2.45, 2.75) is 46.6 Å². The number of benzene rings is 1. The summed E-state index contributed by atoms with van der Waals surface area (Å²) in [6, 6.07) is 7.88. The molecule has 154 valence electrons. The molecule has 1 amide bonds. The molecule has 1 atom stereocenters. The summed E-state index contributed by atoms with van der Waals surface area (Å²) in [7, 11) is 1.76. The Morgan fingerprint density at radius 1 is 1.22 bits per heavy atom. The Labute approximate surface area is 181 Å². The fraction of sp³-hybridized carbons (Fsp3) is 0.600. The van der Waals surface area contributed by atoms with E-state index < -0.39 is 0 Å². The first-order chi connectivity index (χ1) is 12.6. The van der Waals surface area contributed by atoms with E-state index in [0.29, 0.717) is 6.54 Å². The molecular weight excluding hydrogens is 455 g/mol. The van der Waals surface area contributed by atoms with Crippen molar-refractivity contribution < 1.29 is 9.53 Å². The monoisotopic (exact) mass is 490 g/mol. The molecule has 0 aromatic heterocycles. The highest BCUT2D eigenvalue weighted by Crippen LogP contribution is 2.13. The lowest BCUT2D eigenvalue weighted by molar-refractivity contribution is -0.119. The van der Waals surface area contributed by atoms with Crippen LogP contribution in [0.3, 0.4) is 0 Å². The van der Waals surface area contributed by atoms with Crippen LogP contribution in [-0.4, -0.2) is 38.7 Å². The fourth-order valence-corrected chi connectivity index (χ4v) is 2.30. The molecule has 27 heavy (non-hydrogen) atoms. The van der Waals surface area contributed by atoms with Crippen LogP contribution in [-0.2, 0) is 16.1 Å². The number of anilines is 1. The predicted octanol–water partition coefficient (Wildman–Crippen LogP) is 3.77. The number of halogens is 1. The maximum absolute atomic E-state index is 12.0. The smallest absolute Gasteiger partial charge is 0.227 e. The summed E-state index contributed by atoms with van der Waals surface area (Å²) in [5.41, 5.74) is 1.92. The number of hydrogen-bond acceptors (Lipinski definition) is 3. The average molecular weight is 490 g/mol. The SMILES string of the molecule is CCOCCCCNC(=NC)NCc1cccc(NC(=O)C(C)CC)c1.I. The number of guanidine groups is 1. The number of nitrogens with one attached hydrogen (secondary N) is 3. The third-order valence-electron chi connectivity index (χ3n) is 4.15. The van der Waals surface area contributed by atoms with Crippen LogP contribution in [0.15, 0.2) is 29.3 Å². The summed E-state index contributed by atoms with van der Waals surface area (Å²) in [6.45, 7) is 9.04. The van der Waals surface area contributed by atoms with E-state index >= 15 is 0 Å². The molecule has 0 heterocycles. The van der Waals surface area contributed by atoms with Gasteiger partial charge in [-0.2, -0.15) is 0 Å². The van der Waals surface area contributed by atoms with E-state index in [1.54, 1.807) is 7.05 Å². The number of hydrogen-bond donors (Lipinski definition) is 3. The van der Waals surface area contributed by atoms with Crippen molar-refractivity contribution in [1.82, 2.24) is 10.6 Å². The van der Waals surface area contributed by atoms with Crippen molar-refractivity contribution in [2.24, 2.45) is 10.9 Å². The minimum atomic E-state index is 0. The van der Waals surface area contributed by atoms with Crippen LogP contribution in [0.4, 0.5) is 5.69 Å². The van der Waals surface area contributed by atoms with Gasteiger partial charge in [-0.15, -0.1) is 24.0 Å². The van der Waals surface area contributed by atoms with Crippen LogP contribution in [0.1, 0.15) is 45.6 Å². The Bertz CT molecular complexity index is 567. The standard InChI is InChI=1S/C20H34N4O2.HI/c1-5-16(3)19(25)24-18-11-9-10-17(14-18)15-23-20(21-4)22-12-7-8-13-26-6-2;/h9-11,14,16H,5-8,12-13,15H2,1-4H3,(H,24,25)(H2,21,22,23);1H. The quantitative estimate of drug-likeness (QED) is 0.191. The van der Waals surface area contributed by atoms with Crippen LogP contribution in [0.2, 0.25) is 0 Å². The molecule has 0 saturated heterocycles. The predicted molar refractivity (Wildman–Crippen MR) is 124 cm³/mol. The molecule has 0 spiro atoms.